The lowest BCUT2D eigenvalue weighted by atomic mass is 10.2. The van der Waals surface area contributed by atoms with Crippen LogP contribution < -0.4 is 19.5 Å². The Bertz CT molecular complexity index is 804. The van der Waals surface area contributed by atoms with E-state index in [0.717, 1.165) is 21.4 Å². The van der Waals surface area contributed by atoms with E-state index >= 15 is 0 Å². The van der Waals surface area contributed by atoms with Crippen LogP contribution in [0.2, 0.25) is 0 Å². The maximum atomic E-state index is 11.8. The van der Waals surface area contributed by atoms with E-state index in [1.807, 2.05) is 18.2 Å². The summed E-state index contributed by atoms with van der Waals surface area (Å²) in [5.74, 6) is 1.43. The Morgan fingerprint density at radius 1 is 0.913 bits per heavy atom. The molecule has 8 heteroatoms. The van der Waals surface area contributed by atoms with Gasteiger partial charge in [-0.25, -0.2) is 0 Å². The van der Waals surface area contributed by atoms with Gasteiger partial charge < -0.3 is 14.8 Å². The highest BCUT2D eigenvalue weighted by Crippen LogP contribution is 2.35. The molecule has 2 aromatic rings. The molecule has 0 saturated carbocycles. The molecule has 0 fully saturated rings. The average Bonchev–Trinajstić information content (AvgIpc) is 2.96. The first-order valence-corrected chi connectivity index (χ1v) is 8.35. The van der Waals surface area contributed by atoms with Gasteiger partial charge in [-0.2, -0.15) is 12.7 Å². The molecule has 7 nitrogen and oxygen atoms in total. The summed E-state index contributed by atoms with van der Waals surface area (Å²) in [5.41, 5.74) is 2.18. The molecule has 0 aliphatic carbocycles. The summed E-state index contributed by atoms with van der Waals surface area (Å²) in [4.78, 5) is 0. The highest BCUT2D eigenvalue weighted by molar-refractivity contribution is 7.90. The van der Waals surface area contributed by atoms with Crippen molar-refractivity contribution in [1.29, 1.82) is 0 Å². The quantitative estimate of drug-likeness (QED) is 0.877. The zero-order valence-electron chi connectivity index (χ0n) is 12.7. The van der Waals surface area contributed by atoms with E-state index < -0.39 is 10.2 Å². The van der Waals surface area contributed by atoms with Crippen LogP contribution in [0.4, 0.5) is 17.1 Å². The number of fused-ring (bicyclic) bond motifs is 1. The summed E-state index contributed by atoms with van der Waals surface area (Å²) < 4.78 is 37.7. The molecule has 1 heterocycles. The Morgan fingerprint density at radius 2 is 1.52 bits per heavy atom. The van der Waals surface area contributed by atoms with Crippen LogP contribution in [-0.2, 0) is 10.2 Å². The number of anilines is 3. The molecule has 0 atom stereocenters. The summed E-state index contributed by atoms with van der Waals surface area (Å²) in [5, 5.41) is 3.22. The number of hydrogen-bond acceptors (Lipinski definition) is 5. The lowest BCUT2D eigenvalue weighted by molar-refractivity contribution is 0.174. The Hall–Kier alpha value is -2.45. The maximum Gasteiger partial charge on any atom is 0.301 e. The Labute approximate surface area is 135 Å². The molecule has 0 unspecified atom stereocenters. The topological polar surface area (TPSA) is 79.9 Å². The Kier molecular flexibility index (Phi) is 4.01. The van der Waals surface area contributed by atoms with Crippen LogP contribution in [0, 0.1) is 0 Å². The van der Waals surface area contributed by atoms with E-state index in [2.05, 4.69) is 10.0 Å². The summed E-state index contributed by atoms with van der Waals surface area (Å²) in [6, 6.07) is 12.5. The van der Waals surface area contributed by atoms with Gasteiger partial charge in [0, 0.05) is 37.2 Å². The number of nitrogens with zero attached hydrogens (tertiary/aromatic N) is 1. The first kappa shape index (κ1) is 15.4. The van der Waals surface area contributed by atoms with Gasteiger partial charge in [-0.3, -0.25) is 4.72 Å². The standard InChI is InChI=1S/C15H17N3O4S/c1-18(2)23(19,20)17-12-5-3-11(4-6-12)16-13-7-8-14-15(9-13)22-10-21-14/h3-9,16-17H,10H2,1-2H3. The van der Waals surface area contributed by atoms with Crippen LogP contribution in [0.5, 0.6) is 11.5 Å². The molecule has 0 saturated heterocycles. The first-order chi connectivity index (χ1) is 10.9. The van der Waals surface area contributed by atoms with Gasteiger partial charge in [0.1, 0.15) is 0 Å². The summed E-state index contributed by atoms with van der Waals surface area (Å²) >= 11 is 0. The van der Waals surface area contributed by atoms with E-state index in [1.165, 1.54) is 14.1 Å². The SMILES string of the molecule is CN(C)S(=O)(=O)Nc1ccc(Nc2ccc3c(c2)OCO3)cc1. The molecule has 0 spiro atoms. The summed E-state index contributed by atoms with van der Waals surface area (Å²) in [7, 11) is -0.557. The molecular formula is C15H17N3O4S. The second kappa shape index (κ2) is 5.98. The number of rotatable bonds is 5. The first-order valence-electron chi connectivity index (χ1n) is 6.91. The monoisotopic (exact) mass is 335 g/mol. The molecule has 2 N–H and O–H groups in total. The average molecular weight is 335 g/mol. The molecule has 2 aromatic carbocycles. The van der Waals surface area contributed by atoms with Crippen molar-refractivity contribution < 1.29 is 17.9 Å². The van der Waals surface area contributed by atoms with E-state index in [4.69, 9.17) is 9.47 Å². The lowest BCUT2D eigenvalue weighted by Gasteiger charge is -2.14. The van der Waals surface area contributed by atoms with E-state index in [9.17, 15) is 8.42 Å². The number of nitrogens with one attached hydrogen (secondary N) is 2. The fraction of sp³-hybridized carbons (Fsp3) is 0.200. The molecule has 0 bridgehead atoms. The Balaban J connectivity index is 1.70. The molecule has 0 amide bonds. The van der Waals surface area contributed by atoms with Gasteiger partial charge >= 0.3 is 10.2 Å². The van der Waals surface area contributed by atoms with Crippen LogP contribution in [0.25, 0.3) is 0 Å². The van der Waals surface area contributed by atoms with Crippen LogP contribution >= 0.6 is 0 Å². The van der Waals surface area contributed by atoms with Gasteiger partial charge in [-0.05, 0) is 36.4 Å². The van der Waals surface area contributed by atoms with Crippen molar-refractivity contribution in [2.45, 2.75) is 0 Å². The third kappa shape index (κ3) is 3.49. The van der Waals surface area contributed by atoms with Crippen LogP contribution in [0.1, 0.15) is 0 Å². The molecule has 1 aliphatic heterocycles. The van der Waals surface area contributed by atoms with E-state index in [1.54, 1.807) is 24.3 Å². The molecule has 0 radical (unpaired) electrons. The second-order valence-electron chi connectivity index (χ2n) is 5.16. The largest absolute Gasteiger partial charge is 0.454 e. The minimum absolute atomic E-state index is 0.236. The van der Waals surface area contributed by atoms with Crippen LogP contribution in [-0.4, -0.2) is 33.6 Å². The van der Waals surface area contributed by atoms with Gasteiger partial charge in [0.15, 0.2) is 11.5 Å². The third-order valence-corrected chi connectivity index (χ3v) is 4.73. The minimum atomic E-state index is -3.50. The highest BCUT2D eigenvalue weighted by Gasteiger charge is 2.14. The molecule has 122 valence electrons. The zero-order chi connectivity index (χ0) is 16.4. The molecular weight excluding hydrogens is 318 g/mol. The zero-order valence-corrected chi connectivity index (χ0v) is 13.6. The number of hydrogen-bond donors (Lipinski definition) is 2. The normalized spacial score (nSPS) is 13.2. The van der Waals surface area contributed by atoms with Gasteiger partial charge in [-0.1, -0.05) is 0 Å². The third-order valence-electron chi connectivity index (χ3n) is 3.27. The number of benzene rings is 2. The molecule has 0 aromatic heterocycles. The number of ether oxygens (including phenoxy) is 2. The summed E-state index contributed by atoms with van der Waals surface area (Å²) in [6.45, 7) is 0.236. The van der Waals surface area contributed by atoms with Crippen molar-refractivity contribution in [1.82, 2.24) is 4.31 Å². The summed E-state index contributed by atoms with van der Waals surface area (Å²) in [6.07, 6.45) is 0. The highest BCUT2D eigenvalue weighted by atomic mass is 32.2. The van der Waals surface area contributed by atoms with Crippen LogP contribution in [0.3, 0.4) is 0 Å². The fourth-order valence-corrected chi connectivity index (χ4v) is 2.62. The van der Waals surface area contributed by atoms with Crippen molar-refractivity contribution in [2.75, 3.05) is 30.9 Å². The Morgan fingerprint density at radius 3 is 2.22 bits per heavy atom. The van der Waals surface area contributed by atoms with Crippen molar-refractivity contribution in [3.63, 3.8) is 0 Å². The maximum absolute atomic E-state index is 11.8. The molecule has 3 rings (SSSR count). The second-order valence-corrected chi connectivity index (χ2v) is 7.04. The van der Waals surface area contributed by atoms with E-state index in [0.29, 0.717) is 11.4 Å². The van der Waals surface area contributed by atoms with Gasteiger partial charge in [0.05, 0.1) is 0 Å². The predicted octanol–water partition coefficient (Wildman–Crippen LogP) is 2.38. The lowest BCUT2D eigenvalue weighted by Crippen LogP contribution is -2.28. The van der Waals surface area contributed by atoms with Crippen LogP contribution in [0.15, 0.2) is 42.5 Å². The van der Waals surface area contributed by atoms with Crippen molar-refractivity contribution in [2.24, 2.45) is 0 Å². The van der Waals surface area contributed by atoms with E-state index in [-0.39, 0.29) is 6.79 Å². The molecule has 23 heavy (non-hydrogen) atoms. The fourth-order valence-electron chi connectivity index (χ4n) is 2.00. The predicted molar refractivity (Wildman–Crippen MR) is 88.5 cm³/mol. The van der Waals surface area contributed by atoms with Crippen molar-refractivity contribution >= 4 is 27.3 Å². The molecule has 1 aliphatic rings. The van der Waals surface area contributed by atoms with Gasteiger partial charge in [0.2, 0.25) is 6.79 Å². The van der Waals surface area contributed by atoms with Crippen molar-refractivity contribution in [3.8, 4) is 11.5 Å². The van der Waals surface area contributed by atoms with Crippen molar-refractivity contribution in [3.05, 3.63) is 42.5 Å². The minimum Gasteiger partial charge on any atom is -0.454 e. The smallest absolute Gasteiger partial charge is 0.301 e. The van der Waals surface area contributed by atoms with Gasteiger partial charge in [0.25, 0.3) is 0 Å². The van der Waals surface area contributed by atoms with Gasteiger partial charge in [-0.15, -0.1) is 0 Å².